The van der Waals surface area contributed by atoms with Gasteiger partial charge in [-0.1, -0.05) is 68.5 Å². The Balaban J connectivity index is 1.56. The van der Waals surface area contributed by atoms with Crippen LogP contribution >= 0.6 is 11.3 Å². The fraction of sp³-hybridized carbons (Fsp3) is 0.370. The molecule has 184 valence electrons. The van der Waals surface area contributed by atoms with E-state index in [0.717, 1.165) is 16.0 Å². The van der Waals surface area contributed by atoms with Crippen LogP contribution in [-0.4, -0.2) is 54.0 Å². The number of nitrogens with one attached hydrogen (secondary N) is 2. The molecule has 1 aromatic heterocycles. The van der Waals surface area contributed by atoms with Crippen molar-refractivity contribution in [2.24, 2.45) is 0 Å². The van der Waals surface area contributed by atoms with E-state index in [2.05, 4.69) is 41.3 Å². The van der Waals surface area contributed by atoms with Crippen molar-refractivity contribution in [2.45, 2.75) is 39.2 Å². The summed E-state index contributed by atoms with van der Waals surface area (Å²) in [6.07, 6.45) is 1.75. The number of thiazole rings is 1. The van der Waals surface area contributed by atoms with Crippen LogP contribution in [-0.2, 0) is 14.9 Å². The molecule has 1 saturated heterocycles. The highest BCUT2D eigenvalue weighted by atomic mass is 32.1. The Bertz CT molecular complexity index is 1180. The molecular weight excluding hydrogens is 460 g/mol. The summed E-state index contributed by atoms with van der Waals surface area (Å²) < 4.78 is 5.41. The minimum Gasteiger partial charge on any atom is -0.379 e. The molecule has 1 fully saturated rings. The highest BCUT2D eigenvalue weighted by molar-refractivity contribution is 7.19. The van der Waals surface area contributed by atoms with Crippen LogP contribution in [0.4, 0.5) is 10.8 Å². The number of benzene rings is 2. The first kappa shape index (κ1) is 25.0. The zero-order chi connectivity index (χ0) is 25.0. The molecule has 2 heterocycles. The number of morpholine rings is 1. The fourth-order valence-electron chi connectivity index (χ4n) is 3.91. The van der Waals surface area contributed by atoms with E-state index in [-0.39, 0.29) is 23.3 Å². The SMILES string of the molecule is CC(C(=O)Nc1cc(C(C)(C)C)ccc1C(=O)Nc1ncc(-c2ccccc2)s1)N1CCOCC1. The van der Waals surface area contributed by atoms with E-state index in [9.17, 15) is 9.59 Å². The van der Waals surface area contributed by atoms with Crippen LogP contribution in [0.25, 0.3) is 10.4 Å². The summed E-state index contributed by atoms with van der Waals surface area (Å²) >= 11 is 1.41. The molecule has 0 radical (unpaired) electrons. The number of nitrogens with zero attached hydrogens (tertiary/aromatic N) is 2. The topological polar surface area (TPSA) is 83.6 Å². The van der Waals surface area contributed by atoms with E-state index in [1.165, 1.54) is 11.3 Å². The molecule has 3 aromatic rings. The highest BCUT2D eigenvalue weighted by Gasteiger charge is 2.26. The normalized spacial score (nSPS) is 15.4. The number of aromatic nitrogens is 1. The third kappa shape index (κ3) is 6.14. The zero-order valence-corrected chi connectivity index (χ0v) is 21.4. The third-order valence-electron chi connectivity index (χ3n) is 6.15. The van der Waals surface area contributed by atoms with Gasteiger partial charge in [0.05, 0.1) is 35.4 Å². The molecule has 4 rings (SSSR count). The Morgan fingerprint density at radius 1 is 1.06 bits per heavy atom. The van der Waals surface area contributed by atoms with Crippen molar-refractivity contribution < 1.29 is 14.3 Å². The van der Waals surface area contributed by atoms with E-state index >= 15 is 0 Å². The van der Waals surface area contributed by atoms with Crippen molar-refractivity contribution in [1.29, 1.82) is 0 Å². The van der Waals surface area contributed by atoms with Gasteiger partial charge in [-0.15, -0.1) is 0 Å². The predicted molar refractivity (Wildman–Crippen MR) is 141 cm³/mol. The molecule has 1 unspecified atom stereocenters. The van der Waals surface area contributed by atoms with Gasteiger partial charge in [-0.25, -0.2) is 4.98 Å². The first-order valence-electron chi connectivity index (χ1n) is 11.8. The van der Waals surface area contributed by atoms with Crippen molar-refractivity contribution in [3.05, 3.63) is 65.9 Å². The Labute approximate surface area is 210 Å². The summed E-state index contributed by atoms with van der Waals surface area (Å²) in [5.41, 5.74) is 2.84. The average molecular weight is 493 g/mol. The predicted octanol–water partition coefficient (Wildman–Crippen LogP) is 5.02. The molecule has 1 atom stereocenters. The molecule has 0 bridgehead atoms. The maximum atomic E-state index is 13.3. The highest BCUT2D eigenvalue weighted by Crippen LogP contribution is 2.31. The molecule has 1 aliphatic heterocycles. The number of carbonyl (C=O) groups is 2. The van der Waals surface area contributed by atoms with Gasteiger partial charge in [0.25, 0.3) is 5.91 Å². The third-order valence-corrected chi connectivity index (χ3v) is 7.11. The average Bonchev–Trinajstić information content (AvgIpc) is 3.32. The lowest BCUT2D eigenvalue weighted by Gasteiger charge is -2.31. The maximum absolute atomic E-state index is 13.3. The second-order valence-electron chi connectivity index (χ2n) is 9.67. The number of ether oxygens (including phenoxy) is 1. The molecule has 0 aliphatic carbocycles. The Morgan fingerprint density at radius 2 is 1.77 bits per heavy atom. The summed E-state index contributed by atoms with van der Waals surface area (Å²) in [6.45, 7) is 10.8. The number of hydrogen-bond acceptors (Lipinski definition) is 6. The zero-order valence-electron chi connectivity index (χ0n) is 20.6. The van der Waals surface area contributed by atoms with E-state index in [1.807, 2.05) is 49.4 Å². The van der Waals surface area contributed by atoms with Gasteiger partial charge >= 0.3 is 0 Å². The lowest BCUT2D eigenvalue weighted by molar-refractivity contribution is -0.122. The second-order valence-corrected chi connectivity index (χ2v) is 10.7. The summed E-state index contributed by atoms with van der Waals surface area (Å²) in [5, 5.41) is 6.43. The summed E-state index contributed by atoms with van der Waals surface area (Å²) in [5.74, 6) is -0.457. The number of amides is 2. The summed E-state index contributed by atoms with van der Waals surface area (Å²) in [4.78, 5) is 33.8. The number of hydrogen-bond donors (Lipinski definition) is 2. The summed E-state index contributed by atoms with van der Waals surface area (Å²) in [7, 11) is 0. The van der Waals surface area contributed by atoms with Crippen LogP contribution in [0, 0.1) is 0 Å². The van der Waals surface area contributed by atoms with Gasteiger partial charge in [0.1, 0.15) is 0 Å². The Hall–Kier alpha value is -3.07. The molecule has 8 heteroatoms. The summed E-state index contributed by atoms with van der Waals surface area (Å²) in [6, 6.07) is 15.2. The maximum Gasteiger partial charge on any atom is 0.259 e. The van der Waals surface area contributed by atoms with Gasteiger partial charge in [0.2, 0.25) is 5.91 Å². The Morgan fingerprint density at radius 3 is 2.46 bits per heavy atom. The minimum absolute atomic E-state index is 0.135. The van der Waals surface area contributed by atoms with Gasteiger partial charge in [-0.2, -0.15) is 0 Å². The van der Waals surface area contributed by atoms with Gasteiger partial charge in [0, 0.05) is 19.3 Å². The molecule has 2 N–H and O–H groups in total. The first-order valence-corrected chi connectivity index (χ1v) is 12.6. The largest absolute Gasteiger partial charge is 0.379 e. The van der Waals surface area contributed by atoms with Crippen molar-refractivity contribution in [3.8, 4) is 10.4 Å². The van der Waals surface area contributed by atoms with Gasteiger partial charge in [-0.05, 0) is 35.6 Å². The quantitative estimate of drug-likeness (QED) is 0.505. The van der Waals surface area contributed by atoms with Crippen LogP contribution in [0.15, 0.2) is 54.7 Å². The molecule has 0 spiro atoms. The monoisotopic (exact) mass is 492 g/mol. The molecule has 1 aliphatic rings. The van der Waals surface area contributed by atoms with E-state index in [1.54, 1.807) is 12.3 Å². The van der Waals surface area contributed by atoms with E-state index in [0.29, 0.717) is 42.7 Å². The van der Waals surface area contributed by atoms with Gasteiger partial charge in [-0.3, -0.25) is 19.8 Å². The standard InChI is InChI=1S/C27H32N4O3S/c1-18(31-12-14-34-15-13-31)24(32)29-22-16-20(27(2,3)4)10-11-21(22)25(33)30-26-28-17-23(35-26)19-8-6-5-7-9-19/h5-11,16-18H,12-15H2,1-4H3,(H,29,32)(H,28,30,33). The van der Waals surface area contributed by atoms with Crippen LogP contribution < -0.4 is 10.6 Å². The molecule has 0 saturated carbocycles. The van der Waals surface area contributed by atoms with Crippen molar-refractivity contribution in [3.63, 3.8) is 0 Å². The number of rotatable bonds is 6. The number of carbonyl (C=O) groups excluding carboxylic acids is 2. The van der Waals surface area contributed by atoms with Crippen LogP contribution in [0.5, 0.6) is 0 Å². The van der Waals surface area contributed by atoms with Crippen LogP contribution in [0.2, 0.25) is 0 Å². The Kier molecular flexibility index (Phi) is 7.64. The number of anilines is 2. The van der Waals surface area contributed by atoms with Crippen LogP contribution in [0.1, 0.15) is 43.6 Å². The smallest absolute Gasteiger partial charge is 0.259 e. The van der Waals surface area contributed by atoms with Crippen molar-refractivity contribution >= 4 is 34.0 Å². The lowest BCUT2D eigenvalue weighted by atomic mass is 9.86. The molecule has 35 heavy (non-hydrogen) atoms. The van der Waals surface area contributed by atoms with E-state index < -0.39 is 0 Å². The second kappa shape index (κ2) is 10.7. The first-order chi connectivity index (χ1) is 16.7. The molecule has 7 nitrogen and oxygen atoms in total. The van der Waals surface area contributed by atoms with Gasteiger partial charge < -0.3 is 10.1 Å². The molecular formula is C27H32N4O3S. The minimum atomic E-state index is -0.333. The van der Waals surface area contributed by atoms with Crippen molar-refractivity contribution in [2.75, 3.05) is 36.9 Å². The molecule has 2 amide bonds. The lowest BCUT2D eigenvalue weighted by Crippen LogP contribution is -2.47. The van der Waals surface area contributed by atoms with Gasteiger partial charge in [0.15, 0.2) is 5.13 Å². The van der Waals surface area contributed by atoms with E-state index in [4.69, 9.17) is 4.74 Å². The van der Waals surface area contributed by atoms with Crippen LogP contribution in [0.3, 0.4) is 0 Å². The fourth-order valence-corrected chi connectivity index (χ4v) is 4.73. The van der Waals surface area contributed by atoms with Crippen molar-refractivity contribution in [1.82, 2.24) is 9.88 Å². The molecule has 2 aromatic carbocycles.